The minimum absolute atomic E-state index is 0.188. The van der Waals surface area contributed by atoms with Crippen LogP contribution >= 0.6 is 12.2 Å². The Hall–Kier alpha value is -3.71. The molecule has 0 unspecified atom stereocenters. The van der Waals surface area contributed by atoms with Crippen LogP contribution in [0.1, 0.15) is 32.6 Å². The first-order valence-electron chi connectivity index (χ1n) is 10.5. The molecule has 0 aliphatic carbocycles. The molecule has 4 aromatic rings. The Morgan fingerprint density at radius 2 is 1.73 bits per heavy atom. The molecule has 0 fully saturated rings. The third kappa shape index (κ3) is 4.45. The van der Waals surface area contributed by atoms with Gasteiger partial charge in [0.25, 0.3) is 5.91 Å². The van der Waals surface area contributed by atoms with E-state index >= 15 is 0 Å². The number of nitrogens with zero attached hydrogens (tertiary/aromatic N) is 1. The Morgan fingerprint density at radius 3 is 2.48 bits per heavy atom. The smallest absolute Gasteiger partial charge is 0.261 e. The number of aryl methyl sites for hydroxylation is 3. The first kappa shape index (κ1) is 22.5. The van der Waals surface area contributed by atoms with Gasteiger partial charge in [0.05, 0.1) is 12.7 Å². The first-order valence-corrected chi connectivity index (χ1v) is 10.9. The van der Waals surface area contributed by atoms with Crippen molar-refractivity contribution in [3.8, 4) is 17.2 Å². The van der Waals surface area contributed by atoms with Gasteiger partial charge in [-0.3, -0.25) is 10.1 Å². The number of hydrogen-bond acceptors (Lipinski definition) is 5. The minimum Gasteiger partial charge on any atom is -0.496 e. The SMILES string of the molecule is COc1c(C)cccc1C(=O)NC(=S)Nc1cccc(-c2nc3cc(C)c(C)cc3o2)c1C. The van der Waals surface area contributed by atoms with E-state index in [0.29, 0.717) is 17.2 Å². The molecule has 0 aliphatic rings. The minimum atomic E-state index is -0.341. The van der Waals surface area contributed by atoms with Crippen LogP contribution in [0.15, 0.2) is 52.9 Å². The van der Waals surface area contributed by atoms with E-state index in [4.69, 9.17) is 21.4 Å². The molecule has 0 bridgehead atoms. The molecule has 0 radical (unpaired) electrons. The van der Waals surface area contributed by atoms with Gasteiger partial charge in [-0.1, -0.05) is 18.2 Å². The van der Waals surface area contributed by atoms with Crippen molar-refractivity contribution in [2.24, 2.45) is 0 Å². The molecule has 3 aromatic carbocycles. The van der Waals surface area contributed by atoms with E-state index in [1.165, 1.54) is 5.56 Å². The summed E-state index contributed by atoms with van der Waals surface area (Å²) in [5, 5.41) is 6.03. The number of benzene rings is 3. The molecule has 168 valence electrons. The van der Waals surface area contributed by atoms with Crippen molar-refractivity contribution in [1.82, 2.24) is 10.3 Å². The van der Waals surface area contributed by atoms with E-state index in [2.05, 4.69) is 22.5 Å². The molecule has 7 heteroatoms. The Bertz CT molecular complexity index is 1350. The topological polar surface area (TPSA) is 76.4 Å². The second-order valence-electron chi connectivity index (χ2n) is 7.97. The molecule has 0 saturated heterocycles. The third-order valence-corrected chi connectivity index (χ3v) is 5.91. The van der Waals surface area contributed by atoms with Crippen LogP contribution in [-0.4, -0.2) is 23.1 Å². The number of fused-ring (bicyclic) bond motifs is 1. The Kier molecular flexibility index (Phi) is 6.16. The van der Waals surface area contributed by atoms with E-state index in [1.54, 1.807) is 19.2 Å². The number of hydrogen-bond donors (Lipinski definition) is 2. The predicted molar refractivity (Wildman–Crippen MR) is 135 cm³/mol. The highest BCUT2D eigenvalue weighted by atomic mass is 32.1. The van der Waals surface area contributed by atoms with Crippen LogP contribution in [0.25, 0.3) is 22.6 Å². The summed E-state index contributed by atoms with van der Waals surface area (Å²) < 4.78 is 11.4. The van der Waals surface area contributed by atoms with Crippen molar-refractivity contribution in [2.45, 2.75) is 27.7 Å². The second kappa shape index (κ2) is 9.03. The molecule has 0 atom stereocenters. The van der Waals surface area contributed by atoms with Gasteiger partial charge in [-0.2, -0.15) is 0 Å². The van der Waals surface area contributed by atoms with Gasteiger partial charge >= 0.3 is 0 Å². The number of oxazole rings is 1. The van der Waals surface area contributed by atoms with Crippen LogP contribution in [0.5, 0.6) is 5.75 Å². The molecule has 1 aromatic heterocycles. The number of ether oxygens (including phenoxy) is 1. The highest BCUT2D eigenvalue weighted by molar-refractivity contribution is 7.80. The normalized spacial score (nSPS) is 10.8. The Labute approximate surface area is 198 Å². The highest BCUT2D eigenvalue weighted by Gasteiger charge is 2.17. The lowest BCUT2D eigenvalue weighted by molar-refractivity contribution is 0.0974. The van der Waals surface area contributed by atoms with Crippen molar-refractivity contribution in [1.29, 1.82) is 0 Å². The molecule has 0 spiro atoms. The number of nitrogens with one attached hydrogen (secondary N) is 2. The van der Waals surface area contributed by atoms with Gasteiger partial charge in [-0.25, -0.2) is 4.98 Å². The van der Waals surface area contributed by atoms with Gasteiger partial charge in [-0.15, -0.1) is 0 Å². The number of methoxy groups -OCH3 is 1. The summed E-state index contributed by atoms with van der Waals surface area (Å²) in [6.45, 7) is 7.95. The number of rotatable bonds is 4. The number of aromatic nitrogens is 1. The average Bonchev–Trinajstić information content (AvgIpc) is 3.17. The van der Waals surface area contributed by atoms with Gasteiger partial charge in [0.15, 0.2) is 10.7 Å². The molecular weight excluding hydrogens is 434 g/mol. The fraction of sp³-hybridized carbons (Fsp3) is 0.192. The lowest BCUT2D eigenvalue weighted by atomic mass is 10.1. The number of carbonyl (C=O) groups is 1. The summed E-state index contributed by atoms with van der Waals surface area (Å²) in [5.74, 6) is 0.722. The van der Waals surface area contributed by atoms with Crippen LogP contribution < -0.4 is 15.4 Å². The fourth-order valence-electron chi connectivity index (χ4n) is 3.72. The zero-order valence-corrected chi connectivity index (χ0v) is 20.0. The van der Waals surface area contributed by atoms with Crippen LogP contribution in [0, 0.1) is 27.7 Å². The molecule has 1 amide bonds. The molecule has 2 N–H and O–H groups in total. The molecule has 1 heterocycles. The van der Waals surface area contributed by atoms with Crippen LogP contribution in [0.4, 0.5) is 5.69 Å². The number of para-hydroxylation sites is 1. The van der Waals surface area contributed by atoms with Gasteiger partial charge in [0, 0.05) is 11.3 Å². The van der Waals surface area contributed by atoms with Crippen molar-refractivity contribution in [3.05, 3.63) is 76.3 Å². The molecular formula is C26H25N3O3S. The number of thiocarbonyl (C=S) groups is 1. The summed E-state index contributed by atoms with van der Waals surface area (Å²) in [6, 6.07) is 15.2. The molecule has 0 saturated carbocycles. The molecule has 33 heavy (non-hydrogen) atoms. The zero-order chi connectivity index (χ0) is 23.7. The maximum atomic E-state index is 12.8. The average molecular weight is 460 g/mol. The Morgan fingerprint density at radius 1 is 1.00 bits per heavy atom. The van der Waals surface area contributed by atoms with Crippen LogP contribution in [0.2, 0.25) is 0 Å². The summed E-state index contributed by atoms with van der Waals surface area (Å²) in [6.07, 6.45) is 0. The quantitative estimate of drug-likeness (QED) is 0.372. The summed E-state index contributed by atoms with van der Waals surface area (Å²) in [4.78, 5) is 17.4. The lowest BCUT2D eigenvalue weighted by Gasteiger charge is -2.15. The molecule has 0 aliphatic heterocycles. The molecule has 4 rings (SSSR count). The number of carbonyl (C=O) groups excluding carboxylic acids is 1. The Balaban J connectivity index is 1.56. The summed E-state index contributed by atoms with van der Waals surface area (Å²) in [7, 11) is 1.54. The monoisotopic (exact) mass is 459 g/mol. The third-order valence-electron chi connectivity index (χ3n) is 5.70. The summed E-state index contributed by atoms with van der Waals surface area (Å²) in [5.41, 5.74) is 7.69. The fourth-order valence-corrected chi connectivity index (χ4v) is 3.93. The maximum Gasteiger partial charge on any atom is 0.261 e. The van der Waals surface area contributed by atoms with E-state index in [9.17, 15) is 4.79 Å². The van der Waals surface area contributed by atoms with E-state index in [1.807, 2.05) is 57.2 Å². The van der Waals surface area contributed by atoms with Crippen molar-refractivity contribution in [3.63, 3.8) is 0 Å². The van der Waals surface area contributed by atoms with E-state index in [0.717, 1.165) is 39.0 Å². The first-order chi connectivity index (χ1) is 15.8. The molecule has 6 nitrogen and oxygen atoms in total. The van der Waals surface area contributed by atoms with Crippen molar-refractivity contribution in [2.75, 3.05) is 12.4 Å². The second-order valence-corrected chi connectivity index (χ2v) is 8.37. The van der Waals surface area contributed by atoms with Crippen LogP contribution in [0.3, 0.4) is 0 Å². The lowest BCUT2D eigenvalue weighted by Crippen LogP contribution is -2.34. The highest BCUT2D eigenvalue weighted by Crippen LogP contribution is 2.31. The predicted octanol–water partition coefficient (Wildman–Crippen LogP) is 5.86. The van der Waals surface area contributed by atoms with Gasteiger partial charge in [0.1, 0.15) is 11.3 Å². The van der Waals surface area contributed by atoms with E-state index in [-0.39, 0.29) is 11.0 Å². The maximum absolute atomic E-state index is 12.8. The standard InChI is InChI=1S/C26H25N3O3S/c1-14-8-6-10-19(23(14)31-5)24(30)29-26(33)28-20-11-7-9-18(17(20)4)25-27-21-12-15(2)16(3)13-22(21)32-25/h6-13H,1-5H3,(H2,28,29,30,33). The van der Waals surface area contributed by atoms with Gasteiger partial charge in [0.2, 0.25) is 5.89 Å². The van der Waals surface area contributed by atoms with E-state index < -0.39 is 0 Å². The number of anilines is 1. The zero-order valence-electron chi connectivity index (χ0n) is 19.2. The summed E-state index contributed by atoms with van der Waals surface area (Å²) >= 11 is 5.40. The van der Waals surface area contributed by atoms with Crippen molar-refractivity contribution < 1.29 is 13.9 Å². The van der Waals surface area contributed by atoms with Crippen LogP contribution in [-0.2, 0) is 0 Å². The van der Waals surface area contributed by atoms with Gasteiger partial charge < -0.3 is 14.5 Å². The van der Waals surface area contributed by atoms with Crippen molar-refractivity contribution >= 4 is 40.0 Å². The number of amides is 1. The largest absolute Gasteiger partial charge is 0.496 e. The van der Waals surface area contributed by atoms with Gasteiger partial charge in [-0.05, 0) is 92.5 Å².